The molecule has 5 rings (SSSR count). The molecule has 5 heterocycles. The van der Waals surface area contributed by atoms with Gasteiger partial charge in [0.05, 0.1) is 11.2 Å². The molecule has 0 fully saturated rings. The Labute approximate surface area is 161 Å². The predicted octanol–water partition coefficient (Wildman–Crippen LogP) is 4.60. The van der Waals surface area contributed by atoms with Gasteiger partial charge in [-0.3, -0.25) is 9.55 Å². The summed E-state index contributed by atoms with van der Waals surface area (Å²) in [7, 11) is 0. The molecule has 0 spiro atoms. The van der Waals surface area contributed by atoms with E-state index < -0.39 is 0 Å². The van der Waals surface area contributed by atoms with Gasteiger partial charge in [0, 0.05) is 30.2 Å². The van der Waals surface area contributed by atoms with Crippen LogP contribution in [-0.4, -0.2) is 29.1 Å². The van der Waals surface area contributed by atoms with Crippen LogP contribution in [0.25, 0.3) is 33.8 Å². The van der Waals surface area contributed by atoms with Gasteiger partial charge in [-0.15, -0.1) is 5.10 Å². The Hall–Kier alpha value is -3.61. The molecule has 7 heteroatoms. The maximum absolute atomic E-state index is 13.6. The molecular formula is C21H19FN6. The number of aromatic nitrogens is 6. The van der Waals surface area contributed by atoms with Crippen molar-refractivity contribution in [2.45, 2.75) is 20.8 Å². The topological polar surface area (TPSA) is 60.9 Å². The monoisotopic (exact) mass is 374 g/mol. The number of rotatable bonds is 2. The molecule has 0 aliphatic carbocycles. The van der Waals surface area contributed by atoms with Gasteiger partial charge in [-0.05, 0) is 43.3 Å². The second-order valence-corrected chi connectivity index (χ2v) is 5.98. The summed E-state index contributed by atoms with van der Waals surface area (Å²) >= 11 is 0. The SMILES string of the molecule is CC.Cc1nc(-c2nc(-n3ccc4cnccc43)c3cccn3n2)ccc1F. The Balaban J connectivity index is 0.000000932. The summed E-state index contributed by atoms with van der Waals surface area (Å²) < 4.78 is 17.3. The second-order valence-electron chi connectivity index (χ2n) is 5.98. The van der Waals surface area contributed by atoms with Gasteiger partial charge < -0.3 is 0 Å². The number of hydrogen-bond donors (Lipinski definition) is 0. The first-order valence-electron chi connectivity index (χ1n) is 9.11. The first kappa shape index (κ1) is 17.8. The standard InChI is InChI=1S/C19H13FN6.C2H6/c1-12-14(20)4-5-15(22-12)18-23-19(17-3-2-9-26(17)24-18)25-10-7-13-11-21-8-6-16(13)25;1-2/h2-11H,1H3;1-2H3. The highest BCUT2D eigenvalue weighted by molar-refractivity contribution is 5.82. The molecule has 0 radical (unpaired) electrons. The highest BCUT2D eigenvalue weighted by Gasteiger charge is 2.14. The van der Waals surface area contributed by atoms with Crippen LogP contribution in [0.1, 0.15) is 19.5 Å². The van der Waals surface area contributed by atoms with Gasteiger partial charge in [-0.2, -0.15) is 0 Å². The normalized spacial score (nSPS) is 10.9. The van der Waals surface area contributed by atoms with Gasteiger partial charge in [-0.1, -0.05) is 13.8 Å². The molecular weight excluding hydrogens is 355 g/mol. The van der Waals surface area contributed by atoms with E-state index >= 15 is 0 Å². The van der Waals surface area contributed by atoms with E-state index in [0.29, 0.717) is 17.2 Å². The van der Waals surface area contributed by atoms with Crippen LogP contribution in [0.4, 0.5) is 4.39 Å². The molecule has 0 aliphatic rings. The Kier molecular flexibility index (Phi) is 4.57. The third kappa shape index (κ3) is 2.90. The molecule has 0 atom stereocenters. The molecule has 6 nitrogen and oxygen atoms in total. The summed E-state index contributed by atoms with van der Waals surface area (Å²) in [5.41, 5.74) is 2.70. The second kappa shape index (κ2) is 7.19. The van der Waals surface area contributed by atoms with Crippen molar-refractivity contribution in [2.24, 2.45) is 0 Å². The molecule has 0 saturated heterocycles. The number of halogens is 1. The highest BCUT2D eigenvalue weighted by Crippen LogP contribution is 2.24. The lowest BCUT2D eigenvalue weighted by atomic mass is 10.3. The first-order valence-corrected chi connectivity index (χ1v) is 9.11. The lowest BCUT2D eigenvalue weighted by Gasteiger charge is -2.10. The molecule has 0 amide bonds. The first-order chi connectivity index (χ1) is 13.7. The zero-order chi connectivity index (χ0) is 19.7. The molecule has 5 aromatic rings. The van der Waals surface area contributed by atoms with Crippen LogP contribution in [-0.2, 0) is 0 Å². The smallest absolute Gasteiger partial charge is 0.200 e. The summed E-state index contributed by atoms with van der Waals surface area (Å²) in [4.78, 5) is 13.2. The third-order valence-electron chi connectivity index (χ3n) is 4.34. The average molecular weight is 374 g/mol. The number of fused-ring (bicyclic) bond motifs is 2. The van der Waals surface area contributed by atoms with Gasteiger partial charge in [-0.25, -0.2) is 18.9 Å². The maximum Gasteiger partial charge on any atom is 0.200 e. The summed E-state index contributed by atoms with van der Waals surface area (Å²) in [6, 6.07) is 10.8. The summed E-state index contributed by atoms with van der Waals surface area (Å²) in [6.07, 6.45) is 7.37. The van der Waals surface area contributed by atoms with Crippen molar-refractivity contribution in [3.05, 3.63) is 72.7 Å². The minimum Gasteiger partial charge on any atom is -0.299 e. The van der Waals surface area contributed by atoms with E-state index in [1.807, 2.05) is 61.3 Å². The van der Waals surface area contributed by atoms with Crippen LogP contribution < -0.4 is 0 Å². The van der Waals surface area contributed by atoms with Gasteiger partial charge in [0.25, 0.3) is 0 Å². The predicted molar refractivity (Wildman–Crippen MR) is 107 cm³/mol. The van der Waals surface area contributed by atoms with Gasteiger partial charge >= 0.3 is 0 Å². The lowest BCUT2D eigenvalue weighted by molar-refractivity contribution is 0.610. The Morgan fingerprint density at radius 3 is 2.61 bits per heavy atom. The number of pyridine rings is 2. The van der Waals surface area contributed by atoms with Crippen molar-refractivity contribution >= 4 is 16.4 Å². The molecule has 28 heavy (non-hydrogen) atoms. The van der Waals surface area contributed by atoms with E-state index in [0.717, 1.165) is 22.2 Å². The number of aryl methyl sites for hydroxylation is 1. The Bertz CT molecular complexity index is 1270. The minimum absolute atomic E-state index is 0.317. The number of nitrogens with zero attached hydrogens (tertiary/aromatic N) is 6. The van der Waals surface area contributed by atoms with E-state index in [1.54, 1.807) is 23.7 Å². The summed E-state index contributed by atoms with van der Waals surface area (Å²) in [5, 5.41) is 5.54. The van der Waals surface area contributed by atoms with Crippen molar-refractivity contribution in [1.82, 2.24) is 29.1 Å². The van der Waals surface area contributed by atoms with Gasteiger partial charge in [0.1, 0.15) is 17.0 Å². The highest BCUT2D eigenvalue weighted by atomic mass is 19.1. The van der Waals surface area contributed by atoms with Crippen LogP contribution in [0.15, 0.2) is 61.2 Å². The minimum atomic E-state index is -0.347. The number of hydrogen-bond acceptors (Lipinski definition) is 4. The van der Waals surface area contributed by atoms with Crippen LogP contribution in [0.3, 0.4) is 0 Å². The fourth-order valence-electron chi connectivity index (χ4n) is 3.04. The fraction of sp³-hybridized carbons (Fsp3) is 0.143. The van der Waals surface area contributed by atoms with Crippen molar-refractivity contribution in [2.75, 3.05) is 0 Å². The molecule has 0 saturated carbocycles. The Morgan fingerprint density at radius 2 is 1.79 bits per heavy atom. The largest absolute Gasteiger partial charge is 0.299 e. The van der Waals surface area contributed by atoms with Gasteiger partial charge in [0.2, 0.25) is 5.82 Å². The van der Waals surface area contributed by atoms with E-state index in [9.17, 15) is 4.39 Å². The average Bonchev–Trinajstić information content (AvgIpc) is 3.37. The van der Waals surface area contributed by atoms with Crippen LogP contribution in [0.5, 0.6) is 0 Å². The van der Waals surface area contributed by atoms with E-state index in [2.05, 4.69) is 15.1 Å². The molecule has 0 N–H and O–H groups in total. The summed E-state index contributed by atoms with van der Waals surface area (Å²) in [5.74, 6) is 0.813. The van der Waals surface area contributed by atoms with Crippen LogP contribution >= 0.6 is 0 Å². The lowest BCUT2D eigenvalue weighted by Crippen LogP contribution is -2.06. The van der Waals surface area contributed by atoms with Crippen LogP contribution in [0.2, 0.25) is 0 Å². The van der Waals surface area contributed by atoms with Crippen molar-refractivity contribution in [1.29, 1.82) is 0 Å². The van der Waals surface area contributed by atoms with E-state index in [1.165, 1.54) is 6.07 Å². The molecule has 140 valence electrons. The Morgan fingerprint density at radius 1 is 0.929 bits per heavy atom. The zero-order valence-corrected chi connectivity index (χ0v) is 15.8. The molecule has 0 aromatic carbocycles. The maximum atomic E-state index is 13.6. The third-order valence-corrected chi connectivity index (χ3v) is 4.34. The van der Waals surface area contributed by atoms with Crippen LogP contribution in [0, 0.1) is 12.7 Å². The quantitative estimate of drug-likeness (QED) is 0.453. The van der Waals surface area contributed by atoms with Crippen molar-refractivity contribution < 1.29 is 4.39 Å². The van der Waals surface area contributed by atoms with E-state index in [-0.39, 0.29) is 5.82 Å². The molecule has 0 unspecified atom stereocenters. The molecule has 0 aliphatic heterocycles. The summed E-state index contributed by atoms with van der Waals surface area (Å²) in [6.45, 7) is 5.63. The van der Waals surface area contributed by atoms with Crippen molar-refractivity contribution in [3.63, 3.8) is 0 Å². The fourth-order valence-corrected chi connectivity index (χ4v) is 3.04. The molecule has 0 bridgehead atoms. The van der Waals surface area contributed by atoms with Gasteiger partial charge in [0.15, 0.2) is 5.82 Å². The molecule has 5 aromatic heterocycles. The van der Waals surface area contributed by atoms with Crippen molar-refractivity contribution in [3.8, 4) is 17.3 Å². The zero-order valence-electron chi connectivity index (χ0n) is 15.8. The van der Waals surface area contributed by atoms with E-state index in [4.69, 9.17) is 4.98 Å².